The number of ether oxygens (including phenoxy) is 1. The van der Waals surface area contributed by atoms with Gasteiger partial charge in [0.05, 0.1) is 43.8 Å². The molecule has 0 spiro atoms. The lowest BCUT2D eigenvalue weighted by Gasteiger charge is -2.39. The number of benzene rings is 2. The SMILES string of the molecule is CCCCN1CC(=O)N(C)[C@@H](CC(C)C)C(O)N[C@@H](Cc2ccc(OC)c(C(=O)NC)c2)C(=O)N(C)[C@@H](CC(C)C)C(=O)N(C)[C@@H](CC(C)C)C(=O)N[C@H](C(=O)N2CCCCC2)CC(=O)N[C@H](CC(C)C)C(=O)N(C)[C@@H](Cc2ccccc2)C(=O)N[C@@H](C(C)C)C(=O)N(C)[C@@H](CC(C)C)C(=O)N[C@@H]([C@@H](C)O)C1=O. The molecule has 28 nitrogen and oxygen atoms in total. The fourth-order valence-corrected chi connectivity index (χ4v) is 14.0. The number of carbonyl (C=O) groups is 12. The van der Waals surface area contributed by atoms with Gasteiger partial charge in [-0.1, -0.05) is 133 Å². The van der Waals surface area contributed by atoms with Gasteiger partial charge < -0.3 is 75.8 Å². The number of hydrogen-bond donors (Lipinski definition) is 8. The Hall–Kier alpha value is -8.24. The topological polar surface area (TPSA) is 349 Å². The van der Waals surface area contributed by atoms with Crippen molar-refractivity contribution in [1.82, 2.24) is 66.2 Å². The van der Waals surface area contributed by atoms with E-state index in [1.165, 1.54) is 85.7 Å². The van der Waals surface area contributed by atoms with Crippen LogP contribution in [0.1, 0.15) is 189 Å². The van der Waals surface area contributed by atoms with Gasteiger partial charge in [0.15, 0.2) is 0 Å². The standard InChI is InChI=1S/C80H131N13O15/c1-22-23-34-93-46-67(96)87(16)60(38-48(4)5)71(98)83-58(43-55-32-33-65(108-21)56(42-55)70(97)81-15)76(103)91(20)64(41-51(10)11)78(105)89(18)61(39-49(6)7)72(99)84-59(77(104)92-35-28-25-29-36-92)45-66(95)82-57(37-47(2)3)75(102)88(17)63(44-54-30-26-24-27-31-54)74(101)85-68(52(12)13)79(106)90(19)62(40-50(8)9)73(100)86-69(53(14)94)80(93)107/h24,26-27,30-33,42,47-53,57-64,68-69,71,83,94,98H,22-23,25,28-29,34-41,43-46H2,1-21H3,(H,81,97)(H,82,95)(H,84,99)(H,85,101)(H,86,100)/t53-,57-,58+,59+,60+,61+,62+,63+,64+,68+,69+,71?/m1/s1. The molecule has 12 atom stereocenters. The molecule has 108 heavy (non-hydrogen) atoms. The fraction of sp³-hybridized carbons (Fsp3) is 0.700. The van der Waals surface area contributed by atoms with Crippen LogP contribution in [0.3, 0.4) is 0 Å². The number of aliphatic hydroxyl groups excluding tert-OH is 2. The molecule has 28 heteroatoms. The average molecular weight is 1520 g/mol. The van der Waals surface area contributed by atoms with Crippen molar-refractivity contribution in [2.75, 3.05) is 75.6 Å². The molecule has 0 aliphatic carbocycles. The Labute approximate surface area is 642 Å². The lowest BCUT2D eigenvalue weighted by molar-refractivity contribution is -0.151. The molecule has 2 heterocycles. The van der Waals surface area contributed by atoms with Crippen LogP contribution in [0.5, 0.6) is 5.75 Å². The minimum atomic E-state index is -1.71. The normalized spacial score (nSPS) is 24.8. The van der Waals surface area contributed by atoms with E-state index in [9.17, 15) is 29.4 Å². The van der Waals surface area contributed by atoms with E-state index in [2.05, 4.69) is 31.9 Å². The molecule has 0 aromatic heterocycles. The van der Waals surface area contributed by atoms with E-state index in [0.29, 0.717) is 49.9 Å². The van der Waals surface area contributed by atoms with Gasteiger partial charge >= 0.3 is 0 Å². The van der Waals surface area contributed by atoms with Crippen LogP contribution in [0.2, 0.25) is 0 Å². The molecule has 2 aliphatic rings. The van der Waals surface area contributed by atoms with Crippen LogP contribution in [-0.2, 0) is 65.6 Å². The van der Waals surface area contributed by atoms with E-state index in [1.807, 2.05) is 76.2 Å². The maximum atomic E-state index is 15.8. The van der Waals surface area contributed by atoms with Gasteiger partial charge in [-0.3, -0.25) is 62.9 Å². The van der Waals surface area contributed by atoms with Crippen LogP contribution in [0.15, 0.2) is 48.5 Å². The summed E-state index contributed by atoms with van der Waals surface area (Å²) >= 11 is 0. The molecule has 2 aromatic rings. The number of amides is 12. The van der Waals surface area contributed by atoms with E-state index in [0.717, 1.165) is 6.42 Å². The van der Waals surface area contributed by atoms with Gasteiger partial charge in [0.25, 0.3) is 5.91 Å². The first-order valence-electron chi connectivity index (χ1n) is 38.8. The number of methoxy groups -OCH3 is 1. The van der Waals surface area contributed by atoms with Crippen molar-refractivity contribution in [2.45, 2.75) is 253 Å². The Morgan fingerprint density at radius 3 is 1.59 bits per heavy atom. The first kappa shape index (κ1) is 92.1. The summed E-state index contributed by atoms with van der Waals surface area (Å²) in [4.78, 5) is 190. The summed E-state index contributed by atoms with van der Waals surface area (Å²) in [5.74, 6) is -9.95. The number of nitrogens with zero attached hydrogens (tertiary/aromatic N) is 7. The zero-order valence-electron chi connectivity index (χ0n) is 68.4. The third-order valence-corrected chi connectivity index (χ3v) is 20.3. The second-order valence-electron chi connectivity index (χ2n) is 32.1. The summed E-state index contributed by atoms with van der Waals surface area (Å²) in [5, 5.41) is 41.4. The molecule has 606 valence electrons. The maximum Gasteiger partial charge on any atom is 0.254 e. The smallest absolute Gasteiger partial charge is 0.254 e. The van der Waals surface area contributed by atoms with Crippen molar-refractivity contribution in [3.63, 3.8) is 0 Å². The zero-order chi connectivity index (χ0) is 81.3. The summed E-state index contributed by atoms with van der Waals surface area (Å²) < 4.78 is 5.54. The summed E-state index contributed by atoms with van der Waals surface area (Å²) in [5.41, 5.74) is 1.21. The molecule has 2 saturated heterocycles. The molecular weight excluding hydrogens is 1380 g/mol. The lowest BCUT2D eigenvalue weighted by Crippen LogP contribution is -2.63. The van der Waals surface area contributed by atoms with Crippen LogP contribution in [0.4, 0.5) is 0 Å². The van der Waals surface area contributed by atoms with Crippen molar-refractivity contribution in [1.29, 1.82) is 0 Å². The van der Waals surface area contributed by atoms with Gasteiger partial charge in [0.2, 0.25) is 65.0 Å². The Balaban J connectivity index is 2.06. The predicted molar refractivity (Wildman–Crippen MR) is 414 cm³/mol. The molecule has 4 rings (SSSR count). The molecule has 0 radical (unpaired) electrons. The van der Waals surface area contributed by atoms with E-state index in [4.69, 9.17) is 4.74 Å². The van der Waals surface area contributed by atoms with Crippen LogP contribution < -0.4 is 36.6 Å². The quantitative estimate of drug-likeness (QED) is 0.0804. The molecule has 1 unspecified atom stereocenters. The van der Waals surface area contributed by atoms with Crippen molar-refractivity contribution in [3.8, 4) is 5.75 Å². The van der Waals surface area contributed by atoms with Crippen molar-refractivity contribution >= 4 is 70.9 Å². The molecule has 2 fully saturated rings. The zero-order valence-corrected chi connectivity index (χ0v) is 68.4. The number of piperidine rings is 1. The number of nitrogens with one attached hydrogen (secondary N) is 6. The van der Waals surface area contributed by atoms with Crippen molar-refractivity contribution in [3.05, 3.63) is 65.2 Å². The molecule has 2 aromatic carbocycles. The van der Waals surface area contributed by atoms with Gasteiger partial charge in [0, 0.05) is 68.3 Å². The highest BCUT2D eigenvalue weighted by atomic mass is 16.5. The second kappa shape index (κ2) is 43.8. The lowest BCUT2D eigenvalue weighted by atomic mass is 9.95. The molecule has 2 aliphatic heterocycles. The van der Waals surface area contributed by atoms with Gasteiger partial charge in [-0.15, -0.1) is 0 Å². The van der Waals surface area contributed by atoms with Gasteiger partial charge in [-0.05, 0) is 130 Å². The van der Waals surface area contributed by atoms with Gasteiger partial charge in [-0.25, -0.2) is 0 Å². The summed E-state index contributed by atoms with van der Waals surface area (Å²) in [7, 11) is 10.0. The monoisotopic (exact) mass is 1510 g/mol. The summed E-state index contributed by atoms with van der Waals surface area (Å²) in [6.07, 6.45) is -0.697. The predicted octanol–water partition coefficient (Wildman–Crippen LogP) is 4.50. The minimum Gasteiger partial charge on any atom is -0.496 e. The maximum absolute atomic E-state index is 15.8. The Bertz CT molecular complexity index is 3330. The minimum absolute atomic E-state index is 0.0115. The van der Waals surface area contributed by atoms with Gasteiger partial charge in [0.1, 0.15) is 60.3 Å². The van der Waals surface area contributed by atoms with E-state index in [1.54, 1.807) is 67.3 Å². The Kier molecular flexibility index (Phi) is 37.4. The number of rotatable bonds is 22. The van der Waals surface area contributed by atoms with Crippen LogP contribution in [0.25, 0.3) is 0 Å². The number of likely N-dealkylation sites (tertiary alicyclic amines) is 1. The van der Waals surface area contributed by atoms with E-state index >= 15 is 38.4 Å². The fourth-order valence-electron chi connectivity index (χ4n) is 14.0. The highest BCUT2D eigenvalue weighted by Gasteiger charge is 2.44. The number of likely N-dealkylation sites (N-methyl/N-ethyl adjacent to an activating group) is 5. The van der Waals surface area contributed by atoms with Crippen molar-refractivity contribution < 1.29 is 72.5 Å². The highest BCUT2D eigenvalue weighted by Crippen LogP contribution is 2.27. The summed E-state index contributed by atoms with van der Waals surface area (Å²) in [6, 6.07) is 0.117. The van der Waals surface area contributed by atoms with E-state index in [-0.39, 0.29) is 92.4 Å². The van der Waals surface area contributed by atoms with Crippen LogP contribution >= 0.6 is 0 Å². The Morgan fingerprint density at radius 2 is 1.06 bits per heavy atom. The molecule has 8 N–H and O–H groups in total. The molecular formula is C80H131N13O15. The number of aliphatic hydroxyl groups is 2. The first-order valence-corrected chi connectivity index (χ1v) is 38.8. The first-order chi connectivity index (χ1) is 50.7. The van der Waals surface area contributed by atoms with Crippen LogP contribution in [0, 0.1) is 35.5 Å². The van der Waals surface area contributed by atoms with Crippen molar-refractivity contribution in [2.24, 2.45) is 35.5 Å². The molecule has 12 amide bonds. The number of unbranched alkanes of at least 4 members (excludes halogenated alkanes) is 1. The Morgan fingerprint density at radius 1 is 0.556 bits per heavy atom. The molecule has 0 bridgehead atoms. The third-order valence-electron chi connectivity index (χ3n) is 20.3. The summed E-state index contributed by atoms with van der Waals surface area (Å²) in [6.45, 7) is 25.2. The average Bonchev–Trinajstić information content (AvgIpc) is 0.813. The largest absolute Gasteiger partial charge is 0.496 e. The molecule has 0 saturated carbocycles. The number of hydrogen-bond acceptors (Lipinski definition) is 16. The van der Waals surface area contributed by atoms with Crippen LogP contribution in [-0.4, -0.2) is 264 Å². The van der Waals surface area contributed by atoms with E-state index < -0.39 is 163 Å². The number of carbonyl (C=O) groups excluding carboxylic acids is 12. The second-order valence-corrected chi connectivity index (χ2v) is 32.1. The highest BCUT2D eigenvalue weighted by molar-refractivity contribution is 6.00. The third kappa shape index (κ3) is 26.8. The van der Waals surface area contributed by atoms with Gasteiger partial charge in [-0.2, -0.15) is 0 Å².